The monoisotopic (exact) mass is 372 g/mol. The lowest BCUT2D eigenvalue weighted by molar-refractivity contribution is -0.111. The number of halogens is 1. The Morgan fingerprint density at radius 2 is 2.00 bits per heavy atom. The third kappa shape index (κ3) is 4.56. The highest BCUT2D eigenvalue weighted by Gasteiger charge is 2.16. The molecule has 1 aliphatic heterocycles. The minimum atomic E-state index is -0.229. The van der Waals surface area contributed by atoms with Crippen LogP contribution < -0.4 is 15.0 Å². The van der Waals surface area contributed by atoms with E-state index in [4.69, 9.17) is 21.1 Å². The van der Waals surface area contributed by atoms with Crippen LogP contribution in [0.4, 0.5) is 11.4 Å². The number of amides is 1. The second-order valence-corrected chi connectivity index (χ2v) is 6.26. The summed E-state index contributed by atoms with van der Waals surface area (Å²) in [6.07, 6.45) is 3.22. The molecular formula is C20H21ClN2O3. The highest BCUT2D eigenvalue weighted by Crippen LogP contribution is 2.30. The summed E-state index contributed by atoms with van der Waals surface area (Å²) >= 11 is 6.12. The summed E-state index contributed by atoms with van der Waals surface area (Å²) in [4.78, 5) is 14.6. The van der Waals surface area contributed by atoms with E-state index in [1.165, 1.54) is 6.08 Å². The number of rotatable bonds is 5. The quantitative estimate of drug-likeness (QED) is 0.810. The standard InChI is InChI=1S/C20H21ClN2O3/c1-25-19-5-3-2-4-15(19)6-9-20(24)22-17-14-16(21)7-8-18(17)23-10-12-26-13-11-23/h2-9,14H,10-13H2,1H3,(H,22,24). The van der Waals surface area contributed by atoms with Crippen molar-refractivity contribution in [2.24, 2.45) is 0 Å². The molecule has 2 aromatic carbocycles. The molecule has 1 heterocycles. The van der Waals surface area contributed by atoms with Crippen LogP contribution >= 0.6 is 11.6 Å². The maximum Gasteiger partial charge on any atom is 0.248 e. The lowest BCUT2D eigenvalue weighted by Crippen LogP contribution is -2.36. The topological polar surface area (TPSA) is 50.8 Å². The van der Waals surface area contributed by atoms with E-state index in [1.807, 2.05) is 36.4 Å². The molecule has 3 rings (SSSR count). The fraction of sp³-hybridized carbons (Fsp3) is 0.250. The number of ether oxygens (including phenoxy) is 2. The third-order valence-electron chi connectivity index (χ3n) is 4.12. The van der Waals surface area contributed by atoms with Gasteiger partial charge in [0.15, 0.2) is 0 Å². The molecule has 1 aliphatic rings. The van der Waals surface area contributed by atoms with Crippen molar-refractivity contribution in [1.82, 2.24) is 0 Å². The molecule has 5 nitrogen and oxygen atoms in total. The average molecular weight is 373 g/mol. The molecule has 0 aromatic heterocycles. The van der Waals surface area contributed by atoms with Gasteiger partial charge in [-0.15, -0.1) is 0 Å². The Bertz CT molecular complexity index is 801. The summed E-state index contributed by atoms with van der Waals surface area (Å²) < 4.78 is 10.7. The Labute approximate surface area is 158 Å². The zero-order valence-electron chi connectivity index (χ0n) is 14.6. The Morgan fingerprint density at radius 3 is 2.77 bits per heavy atom. The molecule has 6 heteroatoms. The molecule has 1 fully saturated rings. The van der Waals surface area contributed by atoms with Gasteiger partial charge in [-0.3, -0.25) is 4.79 Å². The number of carbonyl (C=O) groups excluding carboxylic acids is 1. The van der Waals surface area contributed by atoms with Gasteiger partial charge in [0.05, 0.1) is 31.7 Å². The van der Waals surface area contributed by atoms with Crippen LogP contribution in [0.25, 0.3) is 6.08 Å². The van der Waals surface area contributed by atoms with Crippen molar-refractivity contribution >= 4 is 35.0 Å². The van der Waals surface area contributed by atoms with Gasteiger partial charge in [0.2, 0.25) is 5.91 Å². The molecule has 1 saturated heterocycles. The van der Waals surface area contributed by atoms with Crippen LogP contribution in [-0.2, 0) is 9.53 Å². The highest BCUT2D eigenvalue weighted by atomic mass is 35.5. The lowest BCUT2D eigenvalue weighted by atomic mass is 10.2. The fourth-order valence-corrected chi connectivity index (χ4v) is 3.00. The first kappa shape index (κ1) is 18.3. The normalized spacial score (nSPS) is 14.5. The van der Waals surface area contributed by atoms with Crippen LogP contribution in [0, 0.1) is 0 Å². The molecular weight excluding hydrogens is 352 g/mol. The van der Waals surface area contributed by atoms with Gasteiger partial charge >= 0.3 is 0 Å². The maximum atomic E-state index is 12.4. The van der Waals surface area contributed by atoms with Crippen LogP contribution in [0.3, 0.4) is 0 Å². The zero-order chi connectivity index (χ0) is 18.4. The van der Waals surface area contributed by atoms with Crippen molar-refractivity contribution < 1.29 is 14.3 Å². The first-order chi connectivity index (χ1) is 12.7. The van der Waals surface area contributed by atoms with Gasteiger partial charge in [0.1, 0.15) is 5.75 Å². The van der Waals surface area contributed by atoms with Crippen LogP contribution in [0.1, 0.15) is 5.56 Å². The molecule has 0 saturated carbocycles. The number of nitrogens with one attached hydrogen (secondary N) is 1. The molecule has 0 atom stereocenters. The number of para-hydroxylation sites is 1. The molecule has 1 N–H and O–H groups in total. The number of morpholine rings is 1. The van der Waals surface area contributed by atoms with Gasteiger partial charge in [-0.2, -0.15) is 0 Å². The van der Waals surface area contributed by atoms with E-state index >= 15 is 0 Å². The number of hydrogen-bond donors (Lipinski definition) is 1. The molecule has 0 bridgehead atoms. The Kier molecular flexibility index (Phi) is 6.15. The van der Waals surface area contributed by atoms with E-state index < -0.39 is 0 Å². The number of nitrogens with zero attached hydrogens (tertiary/aromatic N) is 1. The maximum absolute atomic E-state index is 12.4. The third-order valence-corrected chi connectivity index (χ3v) is 4.36. The van der Waals surface area contributed by atoms with Gasteiger partial charge < -0.3 is 19.7 Å². The average Bonchev–Trinajstić information content (AvgIpc) is 2.67. The molecule has 26 heavy (non-hydrogen) atoms. The number of hydrogen-bond acceptors (Lipinski definition) is 4. The van der Waals surface area contributed by atoms with Crippen LogP contribution in [0.5, 0.6) is 5.75 Å². The number of anilines is 2. The largest absolute Gasteiger partial charge is 0.496 e. The second kappa shape index (κ2) is 8.74. The number of benzene rings is 2. The van der Waals surface area contributed by atoms with E-state index in [-0.39, 0.29) is 5.91 Å². The van der Waals surface area contributed by atoms with E-state index in [0.717, 1.165) is 24.3 Å². The first-order valence-electron chi connectivity index (χ1n) is 8.41. The molecule has 0 radical (unpaired) electrons. The summed E-state index contributed by atoms with van der Waals surface area (Å²) in [5, 5.41) is 3.50. The summed E-state index contributed by atoms with van der Waals surface area (Å²) in [5.41, 5.74) is 2.47. The van der Waals surface area contributed by atoms with E-state index in [9.17, 15) is 4.79 Å². The second-order valence-electron chi connectivity index (χ2n) is 5.83. The van der Waals surface area contributed by atoms with Crippen molar-refractivity contribution in [3.8, 4) is 5.75 Å². The van der Waals surface area contributed by atoms with Crippen molar-refractivity contribution in [3.63, 3.8) is 0 Å². The van der Waals surface area contributed by atoms with E-state index in [0.29, 0.717) is 29.7 Å². The number of carbonyl (C=O) groups is 1. The van der Waals surface area contributed by atoms with Crippen molar-refractivity contribution in [2.75, 3.05) is 43.6 Å². The smallest absolute Gasteiger partial charge is 0.248 e. The van der Waals surface area contributed by atoms with Crippen molar-refractivity contribution in [3.05, 3.63) is 59.1 Å². The summed E-state index contributed by atoms with van der Waals surface area (Å²) in [6, 6.07) is 13.0. The van der Waals surface area contributed by atoms with Crippen LogP contribution in [0.15, 0.2) is 48.5 Å². The Balaban J connectivity index is 1.76. The zero-order valence-corrected chi connectivity index (χ0v) is 15.3. The molecule has 1 amide bonds. The Hall–Kier alpha value is -2.50. The van der Waals surface area contributed by atoms with Gasteiger partial charge in [0.25, 0.3) is 0 Å². The minimum absolute atomic E-state index is 0.229. The lowest BCUT2D eigenvalue weighted by Gasteiger charge is -2.30. The van der Waals surface area contributed by atoms with E-state index in [1.54, 1.807) is 19.3 Å². The molecule has 0 spiro atoms. The van der Waals surface area contributed by atoms with Crippen LogP contribution in [-0.4, -0.2) is 39.3 Å². The predicted octanol–water partition coefficient (Wildman–Crippen LogP) is 3.84. The van der Waals surface area contributed by atoms with Gasteiger partial charge in [-0.1, -0.05) is 29.8 Å². The minimum Gasteiger partial charge on any atom is -0.496 e. The van der Waals surface area contributed by atoms with Crippen LogP contribution in [0.2, 0.25) is 5.02 Å². The SMILES string of the molecule is COc1ccccc1C=CC(=O)Nc1cc(Cl)ccc1N1CCOCC1. The molecule has 0 unspecified atom stereocenters. The number of methoxy groups -OCH3 is 1. The summed E-state index contributed by atoms with van der Waals surface area (Å²) in [6.45, 7) is 2.90. The predicted molar refractivity (Wildman–Crippen MR) is 105 cm³/mol. The fourth-order valence-electron chi connectivity index (χ4n) is 2.83. The van der Waals surface area contributed by atoms with E-state index in [2.05, 4.69) is 10.2 Å². The van der Waals surface area contributed by atoms with Gasteiger partial charge in [-0.25, -0.2) is 0 Å². The van der Waals surface area contributed by atoms with Crippen molar-refractivity contribution in [1.29, 1.82) is 0 Å². The Morgan fingerprint density at radius 1 is 1.23 bits per heavy atom. The molecule has 136 valence electrons. The van der Waals surface area contributed by atoms with Crippen molar-refractivity contribution in [2.45, 2.75) is 0 Å². The van der Waals surface area contributed by atoms with Gasteiger partial charge in [-0.05, 0) is 30.3 Å². The molecule has 0 aliphatic carbocycles. The highest BCUT2D eigenvalue weighted by molar-refractivity contribution is 6.31. The van der Waals surface area contributed by atoms with Gasteiger partial charge in [0, 0.05) is 29.8 Å². The summed E-state index contributed by atoms with van der Waals surface area (Å²) in [5.74, 6) is 0.487. The molecule has 2 aromatic rings. The summed E-state index contributed by atoms with van der Waals surface area (Å²) in [7, 11) is 1.60. The first-order valence-corrected chi connectivity index (χ1v) is 8.79.